The van der Waals surface area contributed by atoms with Crippen LogP contribution in [0.1, 0.15) is 24.0 Å². The molecule has 0 radical (unpaired) electrons. The molecule has 0 saturated heterocycles. The molecule has 136 valence electrons. The third-order valence-corrected chi connectivity index (χ3v) is 5.78. The summed E-state index contributed by atoms with van der Waals surface area (Å²) in [7, 11) is 2.08. The third kappa shape index (κ3) is 3.00. The normalized spacial score (nSPS) is 11.9. The van der Waals surface area contributed by atoms with Crippen LogP contribution in [-0.4, -0.2) is 14.1 Å². The molecule has 4 aromatic rings. The molecule has 0 aliphatic carbocycles. The Hall–Kier alpha value is -2.41. The molecule has 0 amide bonds. The van der Waals surface area contributed by atoms with Crippen LogP contribution in [0.5, 0.6) is 0 Å². The van der Waals surface area contributed by atoms with E-state index in [1.54, 1.807) is 4.57 Å². The van der Waals surface area contributed by atoms with Crippen LogP contribution >= 0.6 is 22.6 Å². The molecule has 0 atom stereocenters. The summed E-state index contributed by atoms with van der Waals surface area (Å²) in [5.41, 5.74) is 4.29. The van der Waals surface area contributed by atoms with Gasteiger partial charge in [-0.3, -0.25) is 9.36 Å². The maximum atomic E-state index is 12.9. The molecule has 2 aromatic carbocycles. The lowest BCUT2D eigenvalue weighted by atomic mass is 10.1. The van der Waals surface area contributed by atoms with E-state index in [4.69, 9.17) is 4.98 Å². The summed E-state index contributed by atoms with van der Waals surface area (Å²) in [6.45, 7) is 4.67. The van der Waals surface area contributed by atoms with Crippen LogP contribution in [0.25, 0.3) is 34.0 Å². The SMILES string of the molecule is CCn1c(/C=C\c2c(C)n(C)c3ccccc23)nc2ccc(I)cc2c1=O. The number of para-hydroxylation sites is 1. The van der Waals surface area contributed by atoms with Gasteiger partial charge in [0.25, 0.3) is 5.56 Å². The van der Waals surface area contributed by atoms with Gasteiger partial charge in [-0.05, 0) is 72.9 Å². The highest BCUT2D eigenvalue weighted by molar-refractivity contribution is 14.1. The first-order valence-electron chi connectivity index (χ1n) is 8.93. The minimum atomic E-state index is 0.00954. The van der Waals surface area contributed by atoms with E-state index in [-0.39, 0.29) is 5.56 Å². The van der Waals surface area contributed by atoms with Gasteiger partial charge in [0.2, 0.25) is 0 Å². The maximum absolute atomic E-state index is 12.9. The van der Waals surface area contributed by atoms with Crippen molar-refractivity contribution in [1.82, 2.24) is 14.1 Å². The lowest BCUT2D eigenvalue weighted by Crippen LogP contribution is -2.23. The number of aryl methyl sites for hydroxylation is 1. The molecular weight excluding hydrogens is 449 g/mol. The number of nitrogens with zero attached hydrogens (tertiary/aromatic N) is 3. The van der Waals surface area contributed by atoms with Gasteiger partial charge >= 0.3 is 0 Å². The molecule has 0 spiro atoms. The second-order valence-electron chi connectivity index (χ2n) is 6.59. The highest BCUT2D eigenvalue weighted by atomic mass is 127. The van der Waals surface area contributed by atoms with Crippen molar-refractivity contribution in [2.24, 2.45) is 7.05 Å². The minimum Gasteiger partial charge on any atom is -0.347 e. The average Bonchev–Trinajstić information content (AvgIpc) is 2.92. The summed E-state index contributed by atoms with van der Waals surface area (Å²) >= 11 is 2.22. The highest BCUT2D eigenvalue weighted by Gasteiger charge is 2.11. The summed E-state index contributed by atoms with van der Waals surface area (Å²) in [5.74, 6) is 0.684. The molecule has 0 aliphatic rings. The molecule has 5 heteroatoms. The Balaban J connectivity index is 1.91. The Morgan fingerprint density at radius 2 is 1.89 bits per heavy atom. The van der Waals surface area contributed by atoms with Gasteiger partial charge in [-0.15, -0.1) is 0 Å². The summed E-state index contributed by atoms with van der Waals surface area (Å²) in [4.78, 5) is 17.7. The zero-order chi connectivity index (χ0) is 19.1. The summed E-state index contributed by atoms with van der Waals surface area (Å²) in [6.07, 6.45) is 4.03. The van der Waals surface area contributed by atoms with Gasteiger partial charge in [0.15, 0.2) is 0 Å². The standard InChI is InChI=1S/C22H20IN3O/c1-4-26-21(24-19-11-9-15(23)13-18(19)22(26)27)12-10-16-14(2)25(3)20-8-6-5-7-17(16)20/h5-13H,4H2,1-3H3/b12-10-. The van der Waals surface area contributed by atoms with Crippen LogP contribution in [-0.2, 0) is 13.6 Å². The summed E-state index contributed by atoms with van der Waals surface area (Å²) in [6, 6.07) is 14.2. The van der Waals surface area contributed by atoms with E-state index in [0.29, 0.717) is 17.8 Å². The number of hydrogen-bond acceptors (Lipinski definition) is 2. The van der Waals surface area contributed by atoms with Gasteiger partial charge < -0.3 is 4.57 Å². The summed E-state index contributed by atoms with van der Waals surface area (Å²) in [5, 5.41) is 1.87. The largest absolute Gasteiger partial charge is 0.347 e. The first-order chi connectivity index (χ1) is 13.0. The number of rotatable bonds is 3. The van der Waals surface area contributed by atoms with Gasteiger partial charge in [0.1, 0.15) is 5.82 Å². The number of hydrogen-bond donors (Lipinski definition) is 0. The lowest BCUT2D eigenvalue weighted by Gasteiger charge is -2.09. The first kappa shape index (κ1) is 18.0. The molecule has 4 rings (SSSR count). The van der Waals surface area contributed by atoms with Crippen molar-refractivity contribution in [2.45, 2.75) is 20.4 Å². The van der Waals surface area contributed by atoms with E-state index < -0.39 is 0 Å². The van der Waals surface area contributed by atoms with Crippen LogP contribution in [0.3, 0.4) is 0 Å². The fraction of sp³-hybridized carbons (Fsp3) is 0.182. The topological polar surface area (TPSA) is 39.8 Å². The monoisotopic (exact) mass is 469 g/mol. The van der Waals surface area contributed by atoms with Gasteiger partial charge in [-0.2, -0.15) is 0 Å². The van der Waals surface area contributed by atoms with E-state index >= 15 is 0 Å². The van der Waals surface area contributed by atoms with Crippen molar-refractivity contribution >= 4 is 56.5 Å². The van der Waals surface area contributed by atoms with Crippen molar-refractivity contribution in [1.29, 1.82) is 0 Å². The molecule has 0 bridgehead atoms. The zero-order valence-electron chi connectivity index (χ0n) is 15.5. The quantitative estimate of drug-likeness (QED) is 0.397. The number of benzene rings is 2. The van der Waals surface area contributed by atoms with E-state index in [9.17, 15) is 4.79 Å². The Morgan fingerprint density at radius 3 is 2.67 bits per heavy atom. The second kappa shape index (κ2) is 6.96. The number of fused-ring (bicyclic) bond motifs is 2. The van der Waals surface area contributed by atoms with Crippen LogP contribution < -0.4 is 5.56 Å². The Morgan fingerprint density at radius 1 is 1.11 bits per heavy atom. The summed E-state index contributed by atoms with van der Waals surface area (Å²) < 4.78 is 4.96. The fourth-order valence-electron chi connectivity index (χ4n) is 3.56. The predicted octanol–water partition coefficient (Wildman–Crippen LogP) is 4.99. The molecule has 2 heterocycles. The molecule has 0 N–H and O–H groups in total. The van der Waals surface area contributed by atoms with Gasteiger partial charge in [0.05, 0.1) is 10.9 Å². The molecule has 4 nitrogen and oxygen atoms in total. The Kier molecular flexibility index (Phi) is 4.63. The molecule has 0 unspecified atom stereocenters. The van der Waals surface area contributed by atoms with Crippen LogP contribution in [0.4, 0.5) is 0 Å². The number of halogens is 1. The van der Waals surface area contributed by atoms with Crippen molar-refractivity contribution in [3.05, 3.63) is 73.5 Å². The zero-order valence-corrected chi connectivity index (χ0v) is 17.7. The Labute approximate surface area is 171 Å². The van der Waals surface area contributed by atoms with Gasteiger partial charge in [-0.1, -0.05) is 18.2 Å². The molecule has 0 saturated carbocycles. The van der Waals surface area contributed by atoms with Crippen molar-refractivity contribution in [2.75, 3.05) is 0 Å². The lowest BCUT2D eigenvalue weighted by molar-refractivity contribution is 0.708. The van der Waals surface area contributed by atoms with Crippen LogP contribution in [0.2, 0.25) is 0 Å². The first-order valence-corrected chi connectivity index (χ1v) is 10.0. The van der Waals surface area contributed by atoms with Crippen LogP contribution in [0.15, 0.2) is 47.3 Å². The predicted molar refractivity (Wildman–Crippen MR) is 121 cm³/mol. The number of aromatic nitrogens is 3. The van der Waals surface area contributed by atoms with Gasteiger partial charge in [-0.25, -0.2) is 4.98 Å². The molecule has 0 fully saturated rings. The smallest absolute Gasteiger partial charge is 0.261 e. The molecule has 2 aromatic heterocycles. The van der Waals surface area contributed by atoms with E-state index in [0.717, 1.165) is 14.7 Å². The fourth-order valence-corrected chi connectivity index (χ4v) is 4.05. The van der Waals surface area contributed by atoms with Crippen LogP contribution in [0, 0.1) is 10.5 Å². The maximum Gasteiger partial charge on any atom is 0.261 e. The highest BCUT2D eigenvalue weighted by Crippen LogP contribution is 2.26. The molecule has 0 aliphatic heterocycles. The van der Waals surface area contributed by atoms with Crippen molar-refractivity contribution < 1.29 is 0 Å². The minimum absolute atomic E-state index is 0.00954. The second-order valence-corrected chi connectivity index (χ2v) is 7.84. The third-order valence-electron chi connectivity index (χ3n) is 5.11. The Bertz CT molecular complexity index is 1260. The molecule has 27 heavy (non-hydrogen) atoms. The average molecular weight is 469 g/mol. The van der Waals surface area contributed by atoms with Gasteiger partial charge in [0, 0.05) is 39.3 Å². The van der Waals surface area contributed by atoms with Crippen molar-refractivity contribution in [3.63, 3.8) is 0 Å². The van der Waals surface area contributed by atoms with E-state index in [1.165, 1.54) is 16.6 Å². The van der Waals surface area contributed by atoms with E-state index in [1.807, 2.05) is 31.2 Å². The van der Waals surface area contributed by atoms with Crippen molar-refractivity contribution in [3.8, 4) is 0 Å². The van der Waals surface area contributed by atoms with E-state index in [2.05, 4.69) is 71.5 Å². The molecular formula is C22H20IN3O.